The van der Waals surface area contributed by atoms with E-state index in [1.54, 1.807) is 10.9 Å². The van der Waals surface area contributed by atoms with Gasteiger partial charge in [-0.25, -0.2) is 14.6 Å². The third-order valence-electron chi connectivity index (χ3n) is 1.64. The first-order valence-electron chi connectivity index (χ1n) is 3.80. The summed E-state index contributed by atoms with van der Waals surface area (Å²) in [7, 11) is 0. The Morgan fingerprint density at radius 1 is 1.42 bits per heavy atom. The van der Waals surface area contributed by atoms with Crippen LogP contribution in [0.25, 0.3) is 11.2 Å². The van der Waals surface area contributed by atoms with E-state index in [1.807, 2.05) is 13.8 Å². The van der Waals surface area contributed by atoms with Gasteiger partial charge in [-0.05, 0) is 13.8 Å². The Morgan fingerprint density at radius 2 is 2.25 bits per heavy atom. The van der Waals surface area contributed by atoms with Gasteiger partial charge in [0.2, 0.25) is 5.65 Å². The molecule has 0 aliphatic carbocycles. The maximum Gasteiger partial charge on any atom is 0.204 e. The Kier molecular flexibility index (Phi) is 1.49. The lowest BCUT2D eigenvalue weighted by Crippen LogP contribution is -2.02. The molecule has 0 saturated heterocycles. The summed E-state index contributed by atoms with van der Waals surface area (Å²) >= 11 is 0. The maximum absolute atomic E-state index is 3.98. The van der Waals surface area contributed by atoms with Crippen molar-refractivity contribution in [3.05, 3.63) is 12.5 Å². The largest absolute Gasteiger partial charge is 0.242 e. The average molecular weight is 163 g/mol. The molecule has 0 unspecified atom stereocenters. The molecule has 62 valence electrons. The van der Waals surface area contributed by atoms with Gasteiger partial charge in [0.25, 0.3) is 0 Å². The molecule has 5 heteroatoms. The lowest BCUT2D eigenvalue weighted by Gasteiger charge is -2.03. The summed E-state index contributed by atoms with van der Waals surface area (Å²) in [5, 5.41) is 7.86. The number of nitrogens with zero attached hydrogens (tertiary/aromatic N) is 5. The first-order chi connectivity index (χ1) is 5.79. The molecule has 0 atom stereocenters. The van der Waals surface area contributed by atoms with Gasteiger partial charge in [-0.1, -0.05) is 5.21 Å². The predicted octanol–water partition coefficient (Wildman–Crippen LogP) is 0.802. The Morgan fingerprint density at radius 3 is 3.00 bits per heavy atom. The van der Waals surface area contributed by atoms with Gasteiger partial charge in [0.05, 0.1) is 6.20 Å². The zero-order valence-corrected chi connectivity index (χ0v) is 6.97. The Bertz CT molecular complexity index is 391. The molecule has 0 aliphatic heterocycles. The molecule has 2 aromatic heterocycles. The van der Waals surface area contributed by atoms with Crippen LogP contribution in [0.4, 0.5) is 0 Å². The SMILES string of the molecule is CC(C)n1nnc2ncncc21. The highest BCUT2D eigenvalue weighted by Gasteiger charge is 2.06. The van der Waals surface area contributed by atoms with Crippen LogP contribution in [0.15, 0.2) is 12.5 Å². The van der Waals surface area contributed by atoms with Crippen molar-refractivity contribution in [1.82, 2.24) is 25.0 Å². The van der Waals surface area contributed by atoms with E-state index in [-0.39, 0.29) is 0 Å². The fourth-order valence-electron chi connectivity index (χ4n) is 1.07. The summed E-state index contributed by atoms with van der Waals surface area (Å²) in [6, 6.07) is 0.293. The Labute approximate surface area is 69.4 Å². The molecule has 0 aromatic carbocycles. The molecule has 0 N–H and O–H groups in total. The fraction of sp³-hybridized carbons (Fsp3) is 0.429. The summed E-state index contributed by atoms with van der Waals surface area (Å²) in [4.78, 5) is 7.89. The van der Waals surface area contributed by atoms with E-state index in [4.69, 9.17) is 0 Å². The predicted molar refractivity (Wildman–Crippen MR) is 43.5 cm³/mol. The van der Waals surface area contributed by atoms with Gasteiger partial charge in [0.15, 0.2) is 0 Å². The van der Waals surface area contributed by atoms with E-state index in [2.05, 4.69) is 20.3 Å². The first kappa shape index (κ1) is 7.15. The van der Waals surface area contributed by atoms with Crippen molar-refractivity contribution in [3.8, 4) is 0 Å². The summed E-state index contributed by atoms with van der Waals surface area (Å²) < 4.78 is 1.80. The molecule has 0 amide bonds. The van der Waals surface area contributed by atoms with Crippen molar-refractivity contribution in [1.29, 1.82) is 0 Å². The third kappa shape index (κ3) is 0.939. The minimum atomic E-state index is 0.293. The highest BCUT2D eigenvalue weighted by Crippen LogP contribution is 2.10. The summed E-state index contributed by atoms with van der Waals surface area (Å²) in [6.45, 7) is 4.09. The molecule has 0 bridgehead atoms. The molecule has 2 heterocycles. The van der Waals surface area contributed by atoms with Gasteiger partial charge in [0, 0.05) is 6.04 Å². The number of hydrogen-bond donors (Lipinski definition) is 0. The van der Waals surface area contributed by atoms with Crippen molar-refractivity contribution in [2.45, 2.75) is 19.9 Å². The van der Waals surface area contributed by atoms with Crippen LogP contribution in [0, 0.1) is 0 Å². The molecular weight excluding hydrogens is 154 g/mol. The van der Waals surface area contributed by atoms with E-state index in [0.29, 0.717) is 11.7 Å². The second-order valence-electron chi connectivity index (χ2n) is 2.86. The number of aromatic nitrogens is 5. The van der Waals surface area contributed by atoms with E-state index in [0.717, 1.165) is 5.52 Å². The Hall–Kier alpha value is -1.52. The van der Waals surface area contributed by atoms with Crippen LogP contribution >= 0.6 is 0 Å². The van der Waals surface area contributed by atoms with Crippen LogP contribution in [0.2, 0.25) is 0 Å². The minimum absolute atomic E-state index is 0.293. The van der Waals surface area contributed by atoms with Crippen LogP contribution in [0.1, 0.15) is 19.9 Å². The zero-order chi connectivity index (χ0) is 8.55. The smallest absolute Gasteiger partial charge is 0.204 e. The van der Waals surface area contributed by atoms with Gasteiger partial charge >= 0.3 is 0 Å². The first-order valence-corrected chi connectivity index (χ1v) is 3.80. The van der Waals surface area contributed by atoms with Crippen LogP contribution in [0.5, 0.6) is 0 Å². The van der Waals surface area contributed by atoms with Crippen LogP contribution in [-0.4, -0.2) is 25.0 Å². The van der Waals surface area contributed by atoms with Crippen molar-refractivity contribution in [2.24, 2.45) is 0 Å². The number of rotatable bonds is 1. The van der Waals surface area contributed by atoms with Gasteiger partial charge in [-0.15, -0.1) is 5.10 Å². The topological polar surface area (TPSA) is 56.5 Å². The quantitative estimate of drug-likeness (QED) is 0.624. The van der Waals surface area contributed by atoms with Crippen molar-refractivity contribution >= 4 is 11.2 Å². The van der Waals surface area contributed by atoms with Crippen LogP contribution < -0.4 is 0 Å². The highest BCUT2D eigenvalue weighted by atomic mass is 15.4. The van der Waals surface area contributed by atoms with Crippen molar-refractivity contribution in [2.75, 3.05) is 0 Å². The average Bonchev–Trinajstić information content (AvgIpc) is 2.47. The van der Waals surface area contributed by atoms with Gasteiger partial charge in [-0.3, -0.25) is 0 Å². The molecule has 2 rings (SSSR count). The second-order valence-corrected chi connectivity index (χ2v) is 2.86. The molecule has 0 radical (unpaired) electrons. The van der Waals surface area contributed by atoms with Gasteiger partial charge in [-0.2, -0.15) is 0 Å². The summed E-state index contributed by atoms with van der Waals surface area (Å²) in [5.74, 6) is 0. The standard InChI is InChI=1S/C7H9N5/c1-5(2)12-6-3-8-4-9-7(6)10-11-12/h3-5H,1-2H3. The summed E-state index contributed by atoms with van der Waals surface area (Å²) in [6.07, 6.45) is 3.20. The van der Waals surface area contributed by atoms with Crippen molar-refractivity contribution in [3.63, 3.8) is 0 Å². The molecule has 0 saturated carbocycles. The normalized spacial score (nSPS) is 11.2. The lowest BCUT2D eigenvalue weighted by atomic mass is 10.4. The van der Waals surface area contributed by atoms with E-state index in [9.17, 15) is 0 Å². The molecule has 0 aliphatic rings. The van der Waals surface area contributed by atoms with E-state index < -0.39 is 0 Å². The van der Waals surface area contributed by atoms with Gasteiger partial charge < -0.3 is 0 Å². The molecule has 12 heavy (non-hydrogen) atoms. The molecule has 0 fully saturated rings. The second kappa shape index (κ2) is 2.51. The van der Waals surface area contributed by atoms with Crippen LogP contribution in [-0.2, 0) is 0 Å². The minimum Gasteiger partial charge on any atom is -0.242 e. The molecular formula is C7H9N5. The Balaban J connectivity index is 2.70. The lowest BCUT2D eigenvalue weighted by molar-refractivity contribution is 0.529. The molecule has 2 aromatic rings. The van der Waals surface area contributed by atoms with Crippen molar-refractivity contribution < 1.29 is 0 Å². The summed E-state index contributed by atoms with van der Waals surface area (Å²) in [5.41, 5.74) is 1.53. The molecule has 0 spiro atoms. The number of fused-ring (bicyclic) bond motifs is 1. The number of hydrogen-bond acceptors (Lipinski definition) is 4. The zero-order valence-electron chi connectivity index (χ0n) is 6.97. The maximum atomic E-state index is 3.98. The third-order valence-corrected chi connectivity index (χ3v) is 1.64. The van der Waals surface area contributed by atoms with Gasteiger partial charge in [0.1, 0.15) is 11.8 Å². The van der Waals surface area contributed by atoms with E-state index >= 15 is 0 Å². The monoisotopic (exact) mass is 163 g/mol. The fourth-order valence-corrected chi connectivity index (χ4v) is 1.07. The highest BCUT2D eigenvalue weighted by molar-refractivity contribution is 5.67. The molecule has 5 nitrogen and oxygen atoms in total. The van der Waals surface area contributed by atoms with Crippen LogP contribution in [0.3, 0.4) is 0 Å². The van der Waals surface area contributed by atoms with E-state index in [1.165, 1.54) is 6.33 Å².